The lowest BCUT2D eigenvalue weighted by Gasteiger charge is -2.24. The highest BCUT2D eigenvalue weighted by Crippen LogP contribution is 2.28. The Morgan fingerprint density at radius 1 is 1.29 bits per heavy atom. The molecular weight excluding hydrogens is 212 g/mol. The van der Waals surface area contributed by atoms with E-state index in [1.54, 1.807) is 0 Å². The van der Waals surface area contributed by atoms with Gasteiger partial charge in [0.15, 0.2) is 0 Å². The Hall–Kier alpha value is -1.51. The molecular formula is C14H20N2O. The minimum atomic E-state index is 0.199. The third-order valence-electron chi connectivity index (χ3n) is 3.41. The van der Waals surface area contributed by atoms with E-state index in [1.165, 1.54) is 24.8 Å². The Kier molecular flexibility index (Phi) is 4.02. The fourth-order valence-corrected chi connectivity index (χ4v) is 2.06. The van der Waals surface area contributed by atoms with Crippen molar-refractivity contribution in [2.75, 3.05) is 12.3 Å². The van der Waals surface area contributed by atoms with Gasteiger partial charge in [0.25, 0.3) is 0 Å². The van der Waals surface area contributed by atoms with Crippen LogP contribution in [0.3, 0.4) is 0 Å². The number of amides is 1. The highest BCUT2D eigenvalue weighted by Gasteiger charge is 2.20. The van der Waals surface area contributed by atoms with E-state index in [0.717, 1.165) is 18.7 Å². The zero-order valence-corrected chi connectivity index (χ0v) is 10.1. The quantitative estimate of drug-likeness (QED) is 0.764. The molecule has 3 nitrogen and oxygen atoms in total. The van der Waals surface area contributed by atoms with Crippen molar-refractivity contribution in [2.45, 2.75) is 32.1 Å². The van der Waals surface area contributed by atoms with Gasteiger partial charge in [0.1, 0.15) is 0 Å². The van der Waals surface area contributed by atoms with Crippen molar-refractivity contribution in [1.29, 1.82) is 0 Å². The third-order valence-corrected chi connectivity index (χ3v) is 3.41. The highest BCUT2D eigenvalue weighted by atomic mass is 16.1. The normalized spacial score (nSPS) is 15.3. The molecule has 1 amide bonds. The average molecular weight is 232 g/mol. The Morgan fingerprint density at radius 2 is 2.00 bits per heavy atom. The number of hydrogen-bond acceptors (Lipinski definition) is 2. The number of anilines is 1. The van der Waals surface area contributed by atoms with E-state index in [4.69, 9.17) is 5.73 Å². The van der Waals surface area contributed by atoms with E-state index in [9.17, 15) is 4.79 Å². The Balaban J connectivity index is 1.64. The van der Waals surface area contributed by atoms with Gasteiger partial charge in [-0.2, -0.15) is 0 Å². The molecule has 1 aliphatic rings. The molecule has 0 saturated heterocycles. The van der Waals surface area contributed by atoms with Crippen molar-refractivity contribution in [3.05, 3.63) is 29.8 Å². The van der Waals surface area contributed by atoms with Crippen LogP contribution in [0.15, 0.2) is 24.3 Å². The largest absolute Gasteiger partial charge is 0.399 e. The minimum absolute atomic E-state index is 0.199. The zero-order valence-electron chi connectivity index (χ0n) is 10.1. The summed E-state index contributed by atoms with van der Waals surface area (Å²) in [5, 5.41) is 2.97. The van der Waals surface area contributed by atoms with Crippen LogP contribution in [-0.2, 0) is 11.2 Å². The predicted molar refractivity (Wildman–Crippen MR) is 69.5 cm³/mol. The molecule has 92 valence electrons. The van der Waals surface area contributed by atoms with Crippen LogP contribution in [0.1, 0.15) is 31.2 Å². The Bertz CT molecular complexity index is 368. The van der Waals surface area contributed by atoms with E-state index in [1.807, 2.05) is 24.3 Å². The summed E-state index contributed by atoms with van der Waals surface area (Å²) in [6.45, 7) is 0.718. The van der Waals surface area contributed by atoms with Crippen molar-refractivity contribution < 1.29 is 4.79 Å². The summed E-state index contributed by atoms with van der Waals surface area (Å²) in [5.74, 6) is 0.844. The summed E-state index contributed by atoms with van der Waals surface area (Å²) in [4.78, 5) is 11.6. The Morgan fingerprint density at radius 3 is 2.59 bits per heavy atom. The van der Waals surface area contributed by atoms with E-state index in [-0.39, 0.29) is 5.91 Å². The second kappa shape index (κ2) is 5.71. The molecule has 0 radical (unpaired) electrons. The van der Waals surface area contributed by atoms with Crippen molar-refractivity contribution in [3.8, 4) is 0 Å². The van der Waals surface area contributed by atoms with Gasteiger partial charge >= 0.3 is 0 Å². The molecule has 0 bridgehead atoms. The van der Waals surface area contributed by atoms with Gasteiger partial charge in [-0.3, -0.25) is 4.79 Å². The summed E-state index contributed by atoms with van der Waals surface area (Å²) in [5.41, 5.74) is 7.60. The lowest BCUT2D eigenvalue weighted by atomic mass is 9.83. The number of carbonyl (C=O) groups excluding carboxylic acids is 1. The van der Waals surface area contributed by atoms with Crippen molar-refractivity contribution in [2.24, 2.45) is 5.92 Å². The van der Waals surface area contributed by atoms with Gasteiger partial charge < -0.3 is 11.1 Å². The number of hydrogen-bond donors (Lipinski definition) is 2. The Labute approximate surface area is 102 Å². The van der Waals surface area contributed by atoms with Gasteiger partial charge in [-0.1, -0.05) is 18.6 Å². The van der Waals surface area contributed by atoms with Crippen molar-refractivity contribution >= 4 is 11.6 Å². The van der Waals surface area contributed by atoms with Gasteiger partial charge in [0, 0.05) is 18.7 Å². The molecule has 17 heavy (non-hydrogen) atoms. The smallest absolute Gasteiger partial charge is 0.220 e. The number of nitrogens with two attached hydrogens (primary N) is 1. The fourth-order valence-electron chi connectivity index (χ4n) is 2.06. The van der Waals surface area contributed by atoms with E-state index < -0.39 is 0 Å². The lowest BCUT2D eigenvalue weighted by Crippen LogP contribution is -2.29. The van der Waals surface area contributed by atoms with Crippen LogP contribution >= 0.6 is 0 Å². The van der Waals surface area contributed by atoms with Gasteiger partial charge in [-0.05, 0) is 42.9 Å². The maximum Gasteiger partial charge on any atom is 0.220 e. The first-order chi connectivity index (χ1) is 8.24. The molecule has 0 aromatic heterocycles. The van der Waals surface area contributed by atoms with Gasteiger partial charge in [-0.15, -0.1) is 0 Å². The average Bonchev–Trinajstić information content (AvgIpc) is 2.26. The summed E-state index contributed by atoms with van der Waals surface area (Å²) in [7, 11) is 0. The minimum Gasteiger partial charge on any atom is -0.399 e. The van der Waals surface area contributed by atoms with E-state index >= 15 is 0 Å². The van der Waals surface area contributed by atoms with Gasteiger partial charge in [0.05, 0.1) is 0 Å². The molecule has 2 rings (SSSR count). The fraction of sp³-hybridized carbons (Fsp3) is 0.500. The number of nitrogen functional groups attached to an aromatic ring is 1. The number of benzene rings is 1. The molecule has 0 aliphatic heterocycles. The van der Waals surface area contributed by atoms with Crippen LogP contribution in [0.5, 0.6) is 0 Å². The van der Waals surface area contributed by atoms with Crippen LogP contribution in [-0.4, -0.2) is 12.5 Å². The first-order valence-electron chi connectivity index (χ1n) is 6.35. The van der Waals surface area contributed by atoms with Crippen LogP contribution in [0.2, 0.25) is 0 Å². The molecule has 0 atom stereocenters. The number of rotatable bonds is 5. The molecule has 0 spiro atoms. The maximum absolute atomic E-state index is 11.6. The molecule has 1 aromatic rings. The van der Waals surface area contributed by atoms with Crippen LogP contribution in [0, 0.1) is 5.92 Å². The standard InChI is InChI=1S/C14H20N2O/c15-13-6-4-11(5-7-13)8-9-16-14(17)10-12-2-1-3-12/h4-7,12H,1-3,8-10,15H2,(H,16,17). The summed E-state index contributed by atoms with van der Waals surface area (Å²) >= 11 is 0. The molecule has 1 fully saturated rings. The molecule has 1 aromatic carbocycles. The highest BCUT2D eigenvalue weighted by molar-refractivity contribution is 5.76. The monoisotopic (exact) mass is 232 g/mol. The van der Waals surface area contributed by atoms with Crippen LogP contribution < -0.4 is 11.1 Å². The second-order valence-corrected chi connectivity index (χ2v) is 4.84. The summed E-state index contributed by atoms with van der Waals surface area (Å²) in [6, 6.07) is 7.80. The van der Waals surface area contributed by atoms with Crippen LogP contribution in [0.25, 0.3) is 0 Å². The summed E-state index contributed by atoms with van der Waals surface area (Å²) < 4.78 is 0. The maximum atomic E-state index is 11.6. The molecule has 3 heteroatoms. The third kappa shape index (κ3) is 3.77. The van der Waals surface area contributed by atoms with E-state index in [0.29, 0.717) is 12.3 Å². The molecule has 1 saturated carbocycles. The van der Waals surface area contributed by atoms with Gasteiger partial charge in [-0.25, -0.2) is 0 Å². The first kappa shape index (κ1) is 12.0. The topological polar surface area (TPSA) is 55.1 Å². The van der Waals surface area contributed by atoms with E-state index in [2.05, 4.69) is 5.32 Å². The molecule has 0 unspecified atom stereocenters. The summed E-state index contributed by atoms with van der Waals surface area (Å²) in [6.07, 6.45) is 5.33. The first-order valence-corrected chi connectivity index (χ1v) is 6.35. The molecule has 3 N–H and O–H groups in total. The zero-order chi connectivity index (χ0) is 12.1. The van der Waals surface area contributed by atoms with Crippen LogP contribution in [0.4, 0.5) is 5.69 Å². The van der Waals surface area contributed by atoms with Gasteiger partial charge in [0.2, 0.25) is 5.91 Å². The number of nitrogens with one attached hydrogen (secondary N) is 1. The van der Waals surface area contributed by atoms with Crippen molar-refractivity contribution in [1.82, 2.24) is 5.32 Å². The predicted octanol–water partition coefficient (Wildman–Crippen LogP) is 2.12. The SMILES string of the molecule is Nc1ccc(CCNC(=O)CC2CCC2)cc1. The van der Waals surface area contributed by atoms with Crippen molar-refractivity contribution in [3.63, 3.8) is 0 Å². The second-order valence-electron chi connectivity index (χ2n) is 4.84. The lowest BCUT2D eigenvalue weighted by molar-refractivity contribution is -0.122. The number of carbonyl (C=O) groups is 1. The molecule has 0 heterocycles. The molecule has 1 aliphatic carbocycles.